The van der Waals surface area contributed by atoms with Crippen molar-refractivity contribution in [2.45, 2.75) is 6.54 Å². The maximum atomic E-state index is 11.2. The quantitative estimate of drug-likeness (QED) is 0.757. The number of benzene rings is 1. The predicted octanol–water partition coefficient (Wildman–Crippen LogP) is 1.49. The van der Waals surface area contributed by atoms with Gasteiger partial charge >= 0.3 is 5.97 Å². The van der Waals surface area contributed by atoms with Crippen LogP contribution in [0.15, 0.2) is 36.4 Å². The number of pyridine rings is 1. The number of hydrogen-bond donors (Lipinski definition) is 3. The number of aromatic nitrogens is 1. The minimum Gasteiger partial charge on any atom is -0.476 e. The van der Waals surface area contributed by atoms with Crippen LogP contribution in [0.4, 0.5) is 5.82 Å². The first-order valence-corrected chi connectivity index (χ1v) is 5.41. The van der Waals surface area contributed by atoms with Crippen LogP contribution in [-0.4, -0.2) is 16.1 Å². The van der Waals surface area contributed by atoms with Crippen LogP contribution in [0.2, 0.25) is 0 Å². The molecule has 0 saturated carbocycles. The van der Waals surface area contributed by atoms with Gasteiger partial charge in [-0.2, -0.15) is 0 Å². The Morgan fingerprint density at radius 2 is 2.06 bits per heavy atom. The summed E-state index contributed by atoms with van der Waals surface area (Å²) in [6.07, 6.45) is 0. The molecule has 0 radical (unpaired) electrons. The molecule has 2 aromatic rings. The van der Waals surface area contributed by atoms with Crippen LogP contribution in [0.3, 0.4) is 0 Å². The SMILES string of the molecule is NCc1cccc(-c2ccc(N)nc2C(=O)O)c1. The molecule has 0 aliphatic carbocycles. The second kappa shape index (κ2) is 4.85. The Labute approximate surface area is 104 Å². The van der Waals surface area contributed by atoms with E-state index in [1.165, 1.54) is 0 Å². The Morgan fingerprint density at radius 3 is 2.72 bits per heavy atom. The summed E-state index contributed by atoms with van der Waals surface area (Å²) in [5.74, 6) is -0.915. The van der Waals surface area contributed by atoms with Gasteiger partial charge in [-0.15, -0.1) is 0 Å². The van der Waals surface area contributed by atoms with Crippen molar-refractivity contribution in [3.05, 3.63) is 47.7 Å². The molecule has 1 aromatic heterocycles. The van der Waals surface area contributed by atoms with E-state index in [4.69, 9.17) is 16.6 Å². The van der Waals surface area contributed by atoms with Gasteiger partial charge in [0.15, 0.2) is 5.69 Å². The molecule has 0 unspecified atom stereocenters. The van der Waals surface area contributed by atoms with E-state index >= 15 is 0 Å². The van der Waals surface area contributed by atoms with Gasteiger partial charge in [-0.1, -0.05) is 18.2 Å². The lowest BCUT2D eigenvalue weighted by molar-refractivity contribution is 0.0691. The van der Waals surface area contributed by atoms with Crippen molar-refractivity contribution in [1.82, 2.24) is 4.98 Å². The van der Waals surface area contributed by atoms with E-state index in [1.807, 2.05) is 24.3 Å². The third-order valence-corrected chi connectivity index (χ3v) is 2.59. The highest BCUT2D eigenvalue weighted by molar-refractivity contribution is 5.94. The van der Waals surface area contributed by atoms with E-state index in [9.17, 15) is 4.79 Å². The number of hydrogen-bond acceptors (Lipinski definition) is 4. The first kappa shape index (κ1) is 12.1. The molecule has 18 heavy (non-hydrogen) atoms. The molecule has 5 nitrogen and oxygen atoms in total. The zero-order chi connectivity index (χ0) is 13.1. The number of nitrogens with zero attached hydrogens (tertiary/aromatic N) is 1. The molecule has 0 amide bonds. The van der Waals surface area contributed by atoms with E-state index in [0.717, 1.165) is 11.1 Å². The first-order chi connectivity index (χ1) is 8.61. The third-order valence-electron chi connectivity index (χ3n) is 2.59. The zero-order valence-corrected chi connectivity index (χ0v) is 9.63. The van der Waals surface area contributed by atoms with Crippen molar-refractivity contribution in [2.75, 3.05) is 5.73 Å². The number of carboxylic acids is 1. The largest absolute Gasteiger partial charge is 0.476 e. The van der Waals surface area contributed by atoms with Gasteiger partial charge in [-0.3, -0.25) is 0 Å². The van der Waals surface area contributed by atoms with E-state index in [1.54, 1.807) is 12.1 Å². The molecule has 92 valence electrons. The van der Waals surface area contributed by atoms with Crippen LogP contribution in [-0.2, 0) is 6.54 Å². The molecule has 0 saturated heterocycles. The Balaban J connectivity index is 2.59. The number of carbonyl (C=O) groups is 1. The van der Waals surface area contributed by atoms with Gasteiger partial charge in [0.2, 0.25) is 0 Å². The fourth-order valence-electron chi connectivity index (χ4n) is 1.74. The van der Waals surface area contributed by atoms with E-state index < -0.39 is 5.97 Å². The maximum absolute atomic E-state index is 11.2. The van der Waals surface area contributed by atoms with Gasteiger partial charge in [-0.05, 0) is 29.3 Å². The smallest absolute Gasteiger partial charge is 0.355 e. The van der Waals surface area contributed by atoms with Crippen LogP contribution in [0.25, 0.3) is 11.1 Å². The van der Waals surface area contributed by atoms with Gasteiger partial charge in [0, 0.05) is 12.1 Å². The molecule has 0 atom stereocenters. The molecule has 5 heteroatoms. The van der Waals surface area contributed by atoms with Crippen molar-refractivity contribution in [1.29, 1.82) is 0 Å². The fraction of sp³-hybridized carbons (Fsp3) is 0.0769. The van der Waals surface area contributed by atoms with Crippen LogP contribution >= 0.6 is 0 Å². The zero-order valence-electron chi connectivity index (χ0n) is 9.63. The Morgan fingerprint density at radius 1 is 1.28 bits per heavy atom. The van der Waals surface area contributed by atoms with Gasteiger partial charge in [0.1, 0.15) is 5.82 Å². The van der Waals surface area contributed by atoms with Gasteiger partial charge < -0.3 is 16.6 Å². The van der Waals surface area contributed by atoms with Crippen molar-refractivity contribution < 1.29 is 9.90 Å². The van der Waals surface area contributed by atoms with Gasteiger partial charge in [0.05, 0.1) is 0 Å². The molecule has 1 heterocycles. The lowest BCUT2D eigenvalue weighted by Crippen LogP contribution is -2.06. The Hall–Kier alpha value is -2.40. The lowest BCUT2D eigenvalue weighted by atomic mass is 10.0. The summed E-state index contributed by atoms with van der Waals surface area (Å²) >= 11 is 0. The average molecular weight is 243 g/mol. The van der Waals surface area contributed by atoms with E-state index in [-0.39, 0.29) is 11.5 Å². The highest BCUT2D eigenvalue weighted by Gasteiger charge is 2.14. The summed E-state index contributed by atoms with van der Waals surface area (Å²) in [5.41, 5.74) is 13.3. The van der Waals surface area contributed by atoms with Crippen LogP contribution in [0.1, 0.15) is 16.1 Å². The van der Waals surface area contributed by atoms with Crippen molar-refractivity contribution >= 4 is 11.8 Å². The normalized spacial score (nSPS) is 10.3. The highest BCUT2D eigenvalue weighted by atomic mass is 16.4. The molecule has 0 aliphatic heterocycles. The second-order valence-electron chi connectivity index (χ2n) is 3.84. The van der Waals surface area contributed by atoms with Crippen LogP contribution in [0, 0.1) is 0 Å². The van der Waals surface area contributed by atoms with E-state index in [2.05, 4.69) is 4.98 Å². The summed E-state index contributed by atoms with van der Waals surface area (Å²) in [4.78, 5) is 15.0. The molecule has 0 bridgehead atoms. The van der Waals surface area contributed by atoms with Crippen LogP contribution in [0.5, 0.6) is 0 Å². The summed E-state index contributed by atoms with van der Waals surface area (Å²) in [5, 5.41) is 9.14. The predicted molar refractivity (Wildman–Crippen MR) is 68.9 cm³/mol. The Kier molecular flexibility index (Phi) is 3.25. The minimum absolute atomic E-state index is 0.0517. The lowest BCUT2D eigenvalue weighted by Gasteiger charge is -2.07. The molecule has 0 aliphatic rings. The molecule has 5 N–H and O–H groups in total. The van der Waals surface area contributed by atoms with Gasteiger partial charge in [0.25, 0.3) is 0 Å². The number of nitrogen functional groups attached to an aromatic ring is 1. The van der Waals surface area contributed by atoms with Crippen molar-refractivity contribution in [2.24, 2.45) is 5.73 Å². The molecule has 0 spiro atoms. The topological polar surface area (TPSA) is 102 Å². The van der Waals surface area contributed by atoms with E-state index in [0.29, 0.717) is 12.1 Å². The second-order valence-corrected chi connectivity index (χ2v) is 3.84. The van der Waals surface area contributed by atoms with Gasteiger partial charge in [-0.25, -0.2) is 9.78 Å². The first-order valence-electron chi connectivity index (χ1n) is 5.41. The number of carboxylic acid groups (broad SMARTS) is 1. The summed E-state index contributed by atoms with van der Waals surface area (Å²) < 4.78 is 0. The Bertz CT molecular complexity index is 597. The molecule has 0 fully saturated rings. The standard InChI is InChI=1S/C13H13N3O2/c14-7-8-2-1-3-9(6-8)10-4-5-11(15)16-12(10)13(17)18/h1-6H,7,14H2,(H2,15,16)(H,17,18). The van der Waals surface area contributed by atoms with Crippen molar-refractivity contribution in [3.63, 3.8) is 0 Å². The summed E-state index contributed by atoms with van der Waals surface area (Å²) in [6, 6.07) is 10.6. The molecule has 1 aromatic carbocycles. The van der Waals surface area contributed by atoms with Crippen molar-refractivity contribution in [3.8, 4) is 11.1 Å². The third kappa shape index (κ3) is 2.31. The monoisotopic (exact) mass is 243 g/mol. The minimum atomic E-state index is -1.10. The number of anilines is 1. The summed E-state index contributed by atoms with van der Waals surface area (Å²) in [7, 11) is 0. The number of aromatic carboxylic acids is 1. The average Bonchev–Trinajstić information content (AvgIpc) is 2.38. The maximum Gasteiger partial charge on any atom is 0.355 e. The molecular formula is C13H13N3O2. The number of rotatable bonds is 3. The number of nitrogens with two attached hydrogens (primary N) is 2. The molecule has 2 rings (SSSR count). The summed E-state index contributed by atoms with van der Waals surface area (Å²) in [6.45, 7) is 0.401. The molecular weight excluding hydrogens is 230 g/mol. The highest BCUT2D eigenvalue weighted by Crippen LogP contribution is 2.24. The fourth-order valence-corrected chi connectivity index (χ4v) is 1.74. The van der Waals surface area contributed by atoms with Crippen LogP contribution < -0.4 is 11.5 Å².